The minimum Gasteiger partial charge on any atom is -0.504 e. The molecule has 3 N–H and O–H groups in total. The van der Waals surface area contributed by atoms with E-state index in [2.05, 4.69) is 9.98 Å². The van der Waals surface area contributed by atoms with E-state index in [-0.39, 0.29) is 17.1 Å². The van der Waals surface area contributed by atoms with E-state index < -0.39 is 5.75 Å². The first kappa shape index (κ1) is 9.67. The van der Waals surface area contributed by atoms with E-state index in [4.69, 9.17) is 5.73 Å². The largest absolute Gasteiger partial charge is 0.504 e. The second-order valence-electron chi connectivity index (χ2n) is 2.28. The normalized spacial score (nSPS) is 8.57. The van der Waals surface area contributed by atoms with Gasteiger partial charge in [-0.2, -0.15) is 9.98 Å². The predicted octanol–water partition coefficient (Wildman–Crippen LogP) is 0.909. The van der Waals surface area contributed by atoms with Gasteiger partial charge >= 0.3 is 0 Å². The van der Waals surface area contributed by atoms with Gasteiger partial charge in [0.1, 0.15) is 11.4 Å². The molecule has 0 saturated heterocycles. The maximum atomic E-state index is 10.0. The fraction of sp³-hybridized carbons (Fsp3) is 0. The SMILES string of the molecule is Nc1ccc(N=C=O)c(N=C=O)c1O. The number of nitrogen functional groups attached to an aromatic ring is 1. The maximum absolute atomic E-state index is 10.0. The van der Waals surface area contributed by atoms with E-state index >= 15 is 0 Å². The van der Waals surface area contributed by atoms with E-state index in [1.807, 2.05) is 0 Å². The molecule has 0 heterocycles. The van der Waals surface area contributed by atoms with Crippen molar-refractivity contribution in [3.8, 4) is 5.75 Å². The number of nitrogens with zero attached hydrogens (tertiary/aromatic N) is 2. The van der Waals surface area contributed by atoms with Gasteiger partial charge in [0.05, 0.1) is 5.69 Å². The molecule has 6 nitrogen and oxygen atoms in total. The molecule has 0 aliphatic carbocycles. The Morgan fingerprint density at radius 2 is 1.86 bits per heavy atom. The summed E-state index contributed by atoms with van der Waals surface area (Å²) in [5.74, 6) is -0.412. The minimum atomic E-state index is -0.412. The second kappa shape index (κ2) is 4.00. The molecule has 0 unspecified atom stereocenters. The molecular formula is C8H5N3O3. The Balaban J connectivity index is 3.51. The quantitative estimate of drug-likeness (QED) is 0.313. The van der Waals surface area contributed by atoms with Crippen LogP contribution in [0.15, 0.2) is 22.1 Å². The van der Waals surface area contributed by atoms with Crippen LogP contribution in [0.4, 0.5) is 17.1 Å². The molecule has 0 aromatic heterocycles. The van der Waals surface area contributed by atoms with Crippen molar-refractivity contribution >= 4 is 29.2 Å². The molecule has 0 fully saturated rings. The van der Waals surface area contributed by atoms with Gasteiger partial charge in [-0.3, -0.25) is 0 Å². The van der Waals surface area contributed by atoms with Crippen LogP contribution >= 0.6 is 0 Å². The molecule has 0 atom stereocenters. The Morgan fingerprint density at radius 3 is 2.43 bits per heavy atom. The molecule has 1 aromatic rings. The highest BCUT2D eigenvalue weighted by atomic mass is 16.3. The number of rotatable bonds is 2. The lowest BCUT2D eigenvalue weighted by Crippen LogP contribution is -1.85. The molecule has 0 spiro atoms. The van der Waals surface area contributed by atoms with Crippen LogP contribution in [-0.2, 0) is 9.59 Å². The lowest BCUT2D eigenvalue weighted by atomic mass is 10.2. The number of hydrogen-bond donors (Lipinski definition) is 2. The summed E-state index contributed by atoms with van der Waals surface area (Å²) in [5, 5.41) is 9.35. The fourth-order valence-corrected chi connectivity index (χ4v) is 0.880. The van der Waals surface area contributed by atoms with Crippen molar-refractivity contribution in [1.82, 2.24) is 0 Å². The van der Waals surface area contributed by atoms with Crippen molar-refractivity contribution < 1.29 is 14.7 Å². The van der Waals surface area contributed by atoms with Crippen LogP contribution in [0.25, 0.3) is 0 Å². The van der Waals surface area contributed by atoms with E-state index in [0.29, 0.717) is 0 Å². The van der Waals surface area contributed by atoms with Crippen molar-refractivity contribution in [2.75, 3.05) is 5.73 Å². The molecule has 0 amide bonds. The summed E-state index contributed by atoms with van der Waals surface area (Å²) in [7, 11) is 0. The molecular weight excluding hydrogens is 186 g/mol. The highest BCUT2D eigenvalue weighted by Gasteiger charge is 2.09. The zero-order valence-corrected chi connectivity index (χ0v) is 6.89. The van der Waals surface area contributed by atoms with Gasteiger partial charge in [-0.25, -0.2) is 9.59 Å². The molecule has 70 valence electrons. The highest BCUT2D eigenvalue weighted by molar-refractivity contribution is 5.80. The second-order valence-corrected chi connectivity index (χ2v) is 2.28. The van der Waals surface area contributed by atoms with Crippen molar-refractivity contribution in [2.45, 2.75) is 0 Å². The lowest BCUT2D eigenvalue weighted by Gasteiger charge is -2.02. The third-order valence-corrected chi connectivity index (χ3v) is 1.48. The summed E-state index contributed by atoms with van der Waals surface area (Å²) < 4.78 is 0. The number of isocyanates is 2. The number of phenolic OH excluding ortho intramolecular Hbond substituents is 1. The average molecular weight is 191 g/mol. The molecule has 1 rings (SSSR count). The topological polar surface area (TPSA) is 105 Å². The number of nitrogens with two attached hydrogens (primary N) is 1. The lowest BCUT2D eigenvalue weighted by molar-refractivity contribution is 0.479. The zero-order valence-electron chi connectivity index (χ0n) is 6.89. The molecule has 0 radical (unpaired) electrons. The number of hydrogen-bond acceptors (Lipinski definition) is 6. The third-order valence-electron chi connectivity index (χ3n) is 1.48. The molecule has 0 aliphatic rings. The van der Waals surface area contributed by atoms with Crippen molar-refractivity contribution in [1.29, 1.82) is 0 Å². The molecule has 1 aromatic carbocycles. The van der Waals surface area contributed by atoms with E-state index in [1.165, 1.54) is 24.3 Å². The van der Waals surface area contributed by atoms with Crippen molar-refractivity contribution in [2.24, 2.45) is 9.98 Å². The minimum absolute atomic E-state index is 0.00931. The number of aromatic hydroxyl groups is 1. The fourth-order valence-electron chi connectivity index (χ4n) is 0.880. The standard InChI is InChI=1S/C8H5N3O3/c9-5-1-2-6(10-3-12)7(8(5)14)11-4-13/h1-2,14H,9H2. The number of anilines is 1. The Hall–Kier alpha value is -2.42. The van der Waals surface area contributed by atoms with E-state index in [0.717, 1.165) is 0 Å². The zero-order chi connectivity index (χ0) is 10.6. The van der Waals surface area contributed by atoms with Crippen LogP contribution in [0.5, 0.6) is 5.75 Å². The Morgan fingerprint density at radius 1 is 1.21 bits per heavy atom. The summed E-state index contributed by atoms with van der Waals surface area (Å²) in [6.07, 6.45) is 2.48. The van der Waals surface area contributed by atoms with E-state index in [1.54, 1.807) is 0 Å². The highest BCUT2D eigenvalue weighted by Crippen LogP contribution is 2.40. The molecule has 0 bridgehead atoms. The van der Waals surface area contributed by atoms with Gasteiger partial charge in [0.25, 0.3) is 0 Å². The maximum Gasteiger partial charge on any atom is 0.240 e. The summed E-state index contributed by atoms with van der Waals surface area (Å²) in [6, 6.07) is 2.66. The van der Waals surface area contributed by atoms with E-state index in [9.17, 15) is 14.7 Å². The van der Waals surface area contributed by atoms with Gasteiger partial charge < -0.3 is 10.8 Å². The number of carbonyl (C=O) groups excluding carboxylic acids is 2. The van der Waals surface area contributed by atoms with Crippen LogP contribution in [0.2, 0.25) is 0 Å². The summed E-state index contributed by atoms with van der Waals surface area (Å²) in [4.78, 5) is 26.4. The number of phenols is 1. The van der Waals surface area contributed by atoms with Crippen molar-refractivity contribution in [3.63, 3.8) is 0 Å². The predicted molar refractivity (Wildman–Crippen MR) is 48.1 cm³/mol. The summed E-state index contributed by atoms with van der Waals surface area (Å²) >= 11 is 0. The van der Waals surface area contributed by atoms with Crippen LogP contribution in [0.1, 0.15) is 0 Å². The smallest absolute Gasteiger partial charge is 0.240 e. The van der Waals surface area contributed by atoms with Gasteiger partial charge in [-0.05, 0) is 12.1 Å². The Kier molecular flexibility index (Phi) is 2.76. The summed E-state index contributed by atoms with van der Waals surface area (Å²) in [6.45, 7) is 0. The third kappa shape index (κ3) is 1.67. The molecule has 0 saturated carbocycles. The Labute approximate surface area is 78.4 Å². The van der Waals surface area contributed by atoms with Gasteiger partial charge in [0.2, 0.25) is 12.2 Å². The molecule has 6 heteroatoms. The van der Waals surface area contributed by atoms with Crippen molar-refractivity contribution in [3.05, 3.63) is 12.1 Å². The first-order chi connectivity index (χ1) is 6.70. The van der Waals surface area contributed by atoms with Gasteiger partial charge in [0, 0.05) is 0 Å². The van der Waals surface area contributed by atoms with Gasteiger partial charge in [0.15, 0.2) is 5.75 Å². The monoisotopic (exact) mass is 191 g/mol. The van der Waals surface area contributed by atoms with Crippen LogP contribution in [0.3, 0.4) is 0 Å². The Bertz CT molecular complexity index is 457. The van der Waals surface area contributed by atoms with Gasteiger partial charge in [-0.15, -0.1) is 0 Å². The first-order valence-corrected chi connectivity index (χ1v) is 3.48. The molecule has 0 aliphatic heterocycles. The van der Waals surface area contributed by atoms with Crippen LogP contribution < -0.4 is 5.73 Å². The van der Waals surface area contributed by atoms with Gasteiger partial charge in [-0.1, -0.05) is 0 Å². The van der Waals surface area contributed by atoms with Crippen LogP contribution in [0, 0.1) is 0 Å². The summed E-state index contributed by atoms with van der Waals surface area (Å²) in [5.41, 5.74) is 5.19. The van der Waals surface area contributed by atoms with Crippen LogP contribution in [-0.4, -0.2) is 17.3 Å². The average Bonchev–Trinajstić information content (AvgIpc) is 2.18. The first-order valence-electron chi connectivity index (χ1n) is 3.48. The number of benzene rings is 1. The number of aliphatic imine (C=N–C) groups is 2. The molecule has 14 heavy (non-hydrogen) atoms.